The van der Waals surface area contributed by atoms with Gasteiger partial charge in [0, 0.05) is 18.3 Å². The molecule has 0 aliphatic rings. The van der Waals surface area contributed by atoms with Crippen molar-refractivity contribution in [2.75, 3.05) is 0 Å². The summed E-state index contributed by atoms with van der Waals surface area (Å²) in [6.07, 6.45) is 0.698. The van der Waals surface area contributed by atoms with Crippen LogP contribution in [-0.2, 0) is 6.54 Å². The molecule has 0 unspecified atom stereocenters. The summed E-state index contributed by atoms with van der Waals surface area (Å²) < 4.78 is 18.5. The third-order valence-electron chi connectivity index (χ3n) is 2.30. The number of carbonyl (C=O) groups is 1. The number of pyridine rings is 1. The molecule has 2 rings (SSSR count). The molecule has 0 radical (unpaired) electrons. The fourth-order valence-corrected chi connectivity index (χ4v) is 1.57. The number of carbonyl (C=O) groups excluding carboxylic acids is 1. The second-order valence-electron chi connectivity index (χ2n) is 3.63. The van der Waals surface area contributed by atoms with Gasteiger partial charge in [-0.1, -0.05) is 29.8 Å². The van der Waals surface area contributed by atoms with Crippen molar-refractivity contribution >= 4 is 17.7 Å². The van der Waals surface area contributed by atoms with E-state index in [9.17, 15) is 9.18 Å². The van der Waals surface area contributed by atoms with Crippen LogP contribution in [0.3, 0.4) is 0 Å². The maximum Gasteiger partial charge on any atom is 0.412 e. The first-order chi connectivity index (χ1) is 9.16. The van der Waals surface area contributed by atoms with E-state index in [2.05, 4.69) is 10.3 Å². The Morgan fingerprint density at radius 2 is 2.05 bits per heavy atom. The minimum atomic E-state index is -0.668. The molecule has 1 aromatic heterocycles. The lowest BCUT2D eigenvalue weighted by molar-refractivity contribution is 0.200. The summed E-state index contributed by atoms with van der Waals surface area (Å²) in [6.45, 7) is -0.0280. The van der Waals surface area contributed by atoms with Crippen LogP contribution in [0.15, 0.2) is 42.6 Å². The third-order valence-corrected chi connectivity index (χ3v) is 2.57. The highest BCUT2D eigenvalue weighted by Gasteiger charge is 2.09. The molecule has 2 aromatic rings. The van der Waals surface area contributed by atoms with Crippen molar-refractivity contribution in [3.8, 4) is 5.75 Å². The van der Waals surface area contributed by atoms with Crippen molar-refractivity contribution in [1.82, 2.24) is 10.3 Å². The van der Waals surface area contributed by atoms with E-state index in [0.717, 1.165) is 0 Å². The molecule has 0 bridgehead atoms. The average Bonchev–Trinajstić information content (AvgIpc) is 2.42. The standard InChI is InChI=1S/C13H10ClFN2O2/c14-12-11(15)9(6-7-16-12)8-17-13(18)19-10-4-2-1-3-5-10/h1-7H,8H2,(H,17,18). The van der Waals surface area contributed by atoms with Gasteiger partial charge < -0.3 is 10.1 Å². The first-order valence-electron chi connectivity index (χ1n) is 5.46. The van der Waals surface area contributed by atoms with Crippen LogP contribution in [0.2, 0.25) is 5.15 Å². The molecule has 4 nitrogen and oxygen atoms in total. The van der Waals surface area contributed by atoms with Gasteiger partial charge in [-0.25, -0.2) is 14.2 Å². The van der Waals surface area contributed by atoms with Crippen LogP contribution in [0.4, 0.5) is 9.18 Å². The molecule has 0 fully saturated rings. The van der Waals surface area contributed by atoms with E-state index < -0.39 is 11.9 Å². The fraction of sp³-hybridized carbons (Fsp3) is 0.0769. The van der Waals surface area contributed by atoms with E-state index >= 15 is 0 Å². The van der Waals surface area contributed by atoms with Crippen LogP contribution in [-0.4, -0.2) is 11.1 Å². The molecule has 0 saturated heterocycles. The molecular formula is C13H10ClFN2O2. The molecule has 0 aliphatic carbocycles. The molecule has 0 atom stereocenters. The van der Waals surface area contributed by atoms with Crippen molar-refractivity contribution < 1.29 is 13.9 Å². The first kappa shape index (κ1) is 13.3. The lowest BCUT2D eigenvalue weighted by Crippen LogP contribution is -2.26. The number of para-hydroxylation sites is 1. The lowest BCUT2D eigenvalue weighted by atomic mass is 10.2. The maximum atomic E-state index is 13.5. The minimum absolute atomic E-state index is 0.0280. The number of nitrogens with one attached hydrogen (secondary N) is 1. The number of amides is 1. The molecule has 0 saturated carbocycles. The molecule has 6 heteroatoms. The monoisotopic (exact) mass is 280 g/mol. The van der Waals surface area contributed by atoms with Crippen LogP contribution in [0, 0.1) is 5.82 Å². The van der Waals surface area contributed by atoms with Gasteiger partial charge in [0.1, 0.15) is 5.75 Å². The Morgan fingerprint density at radius 3 is 2.79 bits per heavy atom. The molecule has 1 N–H and O–H groups in total. The number of benzene rings is 1. The van der Waals surface area contributed by atoms with Crippen LogP contribution < -0.4 is 10.1 Å². The molecule has 1 amide bonds. The SMILES string of the molecule is O=C(NCc1ccnc(Cl)c1F)Oc1ccccc1. The van der Waals surface area contributed by atoms with Gasteiger partial charge in [0.05, 0.1) is 0 Å². The Hall–Kier alpha value is -2.14. The summed E-state index contributed by atoms with van der Waals surface area (Å²) in [5.41, 5.74) is 0.241. The van der Waals surface area contributed by atoms with E-state index in [-0.39, 0.29) is 17.3 Å². The van der Waals surface area contributed by atoms with Gasteiger partial charge in [-0.15, -0.1) is 0 Å². The van der Waals surface area contributed by atoms with Gasteiger partial charge >= 0.3 is 6.09 Å². The van der Waals surface area contributed by atoms with Crippen molar-refractivity contribution in [2.45, 2.75) is 6.54 Å². The summed E-state index contributed by atoms with van der Waals surface area (Å²) in [6, 6.07) is 10.0. The summed E-state index contributed by atoms with van der Waals surface area (Å²) in [4.78, 5) is 15.1. The lowest BCUT2D eigenvalue weighted by Gasteiger charge is -2.07. The quantitative estimate of drug-likeness (QED) is 0.879. The predicted molar refractivity (Wildman–Crippen MR) is 68.5 cm³/mol. The Bertz CT molecular complexity index is 578. The number of nitrogens with zero attached hydrogens (tertiary/aromatic N) is 1. The zero-order valence-electron chi connectivity index (χ0n) is 9.77. The van der Waals surface area contributed by atoms with Gasteiger partial charge in [-0.3, -0.25) is 0 Å². The van der Waals surface area contributed by atoms with Crippen LogP contribution >= 0.6 is 11.6 Å². The molecule has 0 aliphatic heterocycles. The van der Waals surface area contributed by atoms with Crippen molar-refractivity contribution in [1.29, 1.82) is 0 Å². The summed E-state index contributed by atoms with van der Waals surface area (Å²) in [5, 5.41) is 2.20. The number of hydrogen-bond donors (Lipinski definition) is 1. The molecule has 19 heavy (non-hydrogen) atoms. The zero-order valence-corrected chi connectivity index (χ0v) is 10.5. The van der Waals surface area contributed by atoms with E-state index in [0.29, 0.717) is 5.75 Å². The van der Waals surface area contributed by atoms with Crippen molar-refractivity contribution in [3.63, 3.8) is 0 Å². The van der Waals surface area contributed by atoms with E-state index in [1.54, 1.807) is 30.3 Å². The highest BCUT2D eigenvalue weighted by Crippen LogP contribution is 2.14. The second kappa shape index (κ2) is 6.15. The minimum Gasteiger partial charge on any atom is -0.410 e. The first-order valence-corrected chi connectivity index (χ1v) is 5.84. The van der Waals surface area contributed by atoms with Gasteiger partial charge in [0.15, 0.2) is 11.0 Å². The number of halogens is 2. The van der Waals surface area contributed by atoms with Crippen LogP contribution in [0.5, 0.6) is 5.75 Å². The predicted octanol–water partition coefficient (Wildman–Crippen LogP) is 3.16. The smallest absolute Gasteiger partial charge is 0.410 e. The Balaban J connectivity index is 1.92. The number of aromatic nitrogens is 1. The van der Waals surface area contributed by atoms with Gasteiger partial charge in [-0.05, 0) is 18.2 Å². The summed E-state index contributed by atoms with van der Waals surface area (Å²) >= 11 is 5.53. The van der Waals surface area contributed by atoms with Crippen molar-refractivity contribution in [2.24, 2.45) is 0 Å². The third kappa shape index (κ3) is 3.66. The number of rotatable bonds is 3. The van der Waals surface area contributed by atoms with Gasteiger partial charge in [0.25, 0.3) is 0 Å². The maximum absolute atomic E-state index is 13.5. The van der Waals surface area contributed by atoms with Crippen molar-refractivity contribution in [3.05, 3.63) is 59.1 Å². The Kier molecular flexibility index (Phi) is 4.30. The van der Waals surface area contributed by atoms with E-state index in [4.69, 9.17) is 16.3 Å². The highest BCUT2D eigenvalue weighted by molar-refractivity contribution is 6.29. The van der Waals surface area contributed by atoms with E-state index in [1.165, 1.54) is 12.3 Å². The largest absolute Gasteiger partial charge is 0.412 e. The Morgan fingerprint density at radius 1 is 1.32 bits per heavy atom. The molecule has 98 valence electrons. The van der Waals surface area contributed by atoms with Crippen LogP contribution in [0.1, 0.15) is 5.56 Å². The molecule has 1 heterocycles. The van der Waals surface area contributed by atoms with E-state index in [1.807, 2.05) is 0 Å². The van der Waals surface area contributed by atoms with Crippen LogP contribution in [0.25, 0.3) is 0 Å². The van der Waals surface area contributed by atoms with Gasteiger partial charge in [0.2, 0.25) is 0 Å². The summed E-state index contributed by atoms with van der Waals surface area (Å²) in [7, 11) is 0. The topological polar surface area (TPSA) is 51.2 Å². The highest BCUT2D eigenvalue weighted by atomic mass is 35.5. The average molecular weight is 281 g/mol. The molecular weight excluding hydrogens is 271 g/mol. The van der Waals surface area contributed by atoms with Gasteiger partial charge in [-0.2, -0.15) is 0 Å². The summed E-state index contributed by atoms with van der Waals surface area (Å²) in [5.74, 6) is -0.239. The fourth-order valence-electron chi connectivity index (χ4n) is 1.39. The molecule has 0 spiro atoms. The number of hydrogen-bond acceptors (Lipinski definition) is 3. The second-order valence-corrected chi connectivity index (χ2v) is 3.99. The normalized spacial score (nSPS) is 10.0. The molecule has 1 aromatic carbocycles. The zero-order chi connectivity index (χ0) is 13.7. The Labute approximate surface area is 114 Å². The number of ether oxygens (including phenoxy) is 1.